The van der Waals surface area contributed by atoms with Crippen LogP contribution in [-0.2, 0) is 0 Å². The smallest absolute Gasteiger partial charge is 0.0547 e. The highest BCUT2D eigenvalue weighted by molar-refractivity contribution is 5.51. The number of nitrogens with zero attached hydrogens (tertiary/aromatic N) is 1. The maximum atomic E-state index is 5.62. The van der Waals surface area contributed by atoms with Crippen LogP contribution >= 0.6 is 0 Å². The summed E-state index contributed by atoms with van der Waals surface area (Å²) in [6.45, 7) is 7.65. The number of hydrogen-bond donors (Lipinski definition) is 2. The number of nitrogen functional groups attached to an aromatic ring is 1. The third-order valence-corrected chi connectivity index (χ3v) is 2.53. The molecule has 0 aromatic carbocycles. The predicted molar refractivity (Wildman–Crippen MR) is 61.1 cm³/mol. The van der Waals surface area contributed by atoms with E-state index in [-0.39, 0.29) is 0 Å². The molecule has 0 fully saturated rings. The summed E-state index contributed by atoms with van der Waals surface area (Å²) in [6, 6.07) is 1.90. The molecule has 0 aliphatic rings. The molecule has 0 aliphatic heterocycles. The van der Waals surface area contributed by atoms with Crippen LogP contribution in [0.2, 0.25) is 0 Å². The average Bonchev–Trinajstić information content (AvgIpc) is 2.14. The molecule has 0 radical (unpaired) electrons. The van der Waals surface area contributed by atoms with E-state index in [4.69, 9.17) is 5.73 Å². The third-order valence-electron chi connectivity index (χ3n) is 2.53. The molecule has 78 valence electrons. The standard InChI is InChI=1S/C11H19N3/c1-8(2)9(3)5-14-11-4-10(12)6-13-7-11/h4,6-9,14H,5,12H2,1-3H3. The Balaban J connectivity index is 2.45. The van der Waals surface area contributed by atoms with Crippen LogP contribution in [0.4, 0.5) is 11.4 Å². The summed E-state index contributed by atoms with van der Waals surface area (Å²) in [6.07, 6.45) is 3.44. The summed E-state index contributed by atoms with van der Waals surface area (Å²) in [5.74, 6) is 1.34. The highest BCUT2D eigenvalue weighted by Gasteiger charge is 2.06. The number of rotatable bonds is 4. The van der Waals surface area contributed by atoms with E-state index in [1.165, 1.54) is 0 Å². The lowest BCUT2D eigenvalue weighted by Gasteiger charge is -2.16. The van der Waals surface area contributed by atoms with Crippen LogP contribution in [0.1, 0.15) is 20.8 Å². The van der Waals surface area contributed by atoms with Crippen LogP contribution < -0.4 is 11.1 Å². The van der Waals surface area contributed by atoms with Gasteiger partial charge < -0.3 is 11.1 Å². The summed E-state index contributed by atoms with van der Waals surface area (Å²) >= 11 is 0. The van der Waals surface area contributed by atoms with Gasteiger partial charge in [0.05, 0.1) is 17.6 Å². The molecule has 3 N–H and O–H groups in total. The van der Waals surface area contributed by atoms with Crippen molar-refractivity contribution in [3.63, 3.8) is 0 Å². The molecule has 14 heavy (non-hydrogen) atoms. The molecular formula is C11H19N3. The van der Waals surface area contributed by atoms with Crippen LogP contribution in [0.25, 0.3) is 0 Å². The van der Waals surface area contributed by atoms with E-state index in [0.717, 1.165) is 12.2 Å². The molecule has 3 heteroatoms. The van der Waals surface area contributed by atoms with Gasteiger partial charge in [0.1, 0.15) is 0 Å². The molecule has 0 saturated heterocycles. The lowest BCUT2D eigenvalue weighted by molar-refractivity contribution is 0.440. The monoisotopic (exact) mass is 193 g/mol. The van der Waals surface area contributed by atoms with Crippen molar-refractivity contribution in [1.29, 1.82) is 0 Å². The zero-order valence-electron chi connectivity index (χ0n) is 9.12. The van der Waals surface area contributed by atoms with Crippen LogP contribution in [0, 0.1) is 11.8 Å². The predicted octanol–water partition coefficient (Wildman–Crippen LogP) is 2.37. The first kappa shape index (κ1) is 10.8. The Morgan fingerprint density at radius 1 is 1.36 bits per heavy atom. The maximum absolute atomic E-state index is 5.62. The van der Waals surface area contributed by atoms with Crippen molar-refractivity contribution >= 4 is 11.4 Å². The fourth-order valence-electron chi connectivity index (χ4n) is 1.07. The van der Waals surface area contributed by atoms with Gasteiger partial charge in [-0.05, 0) is 17.9 Å². The minimum Gasteiger partial charge on any atom is -0.397 e. The number of anilines is 2. The minimum absolute atomic E-state index is 0.649. The molecule has 1 aromatic heterocycles. The fraction of sp³-hybridized carbons (Fsp3) is 0.545. The fourth-order valence-corrected chi connectivity index (χ4v) is 1.07. The van der Waals surface area contributed by atoms with Crippen molar-refractivity contribution in [2.75, 3.05) is 17.6 Å². The minimum atomic E-state index is 0.649. The molecule has 1 atom stereocenters. The maximum Gasteiger partial charge on any atom is 0.0547 e. The Labute approximate surface area is 85.7 Å². The average molecular weight is 193 g/mol. The number of nitrogens with one attached hydrogen (secondary N) is 1. The summed E-state index contributed by atoms with van der Waals surface area (Å²) in [5.41, 5.74) is 7.32. The van der Waals surface area contributed by atoms with Crippen molar-refractivity contribution in [3.05, 3.63) is 18.5 Å². The molecule has 1 heterocycles. The van der Waals surface area contributed by atoms with Crippen molar-refractivity contribution < 1.29 is 0 Å². The van der Waals surface area contributed by atoms with Crippen molar-refractivity contribution in [2.45, 2.75) is 20.8 Å². The van der Waals surface area contributed by atoms with Crippen LogP contribution in [0.3, 0.4) is 0 Å². The van der Waals surface area contributed by atoms with Gasteiger partial charge in [-0.15, -0.1) is 0 Å². The van der Waals surface area contributed by atoms with E-state index >= 15 is 0 Å². The second kappa shape index (κ2) is 4.84. The lowest BCUT2D eigenvalue weighted by atomic mass is 9.98. The van der Waals surface area contributed by atoms with Crippen LogP contribution in [-0.4, -0.2) is 11.5 Å². The first-order chi connectivity index (χ1) is 6.59. The molecule has 0 amide bonds. The summed E-state index contributed by atoms with van der Waals surface area (Å²) < 4.78 is 0. The van der Waals surface area contributed by atoms with Gasteiger partial charge in [0.15, 0.2) is 0 Å². The molecule has 1 rings (SSSR count). The van der Waals surface area contributed by atoms with Gasteiger partial charge in [0, 0.05) is 12.7 Å². The molecule has 0 spiro atoms. The van der Waals surface area contributed by atoms with Crippen molar-refractivity contribution in [2.24, 2.45) is 11.8 Å². The normalized spacial score (nSPS) is 12.9. The van der Waals surface area contributed by atoms with Gasteiger partial charge in [0.25, 0.3) is 0 Å². The Kier molecular flexibility index (Phi) is 3.74. The van der Waals surface area contributed by atoms with E-state index < -0.39 is 0 Å². The highest BCUT2D eigenvalue weighted by Crippen LogP contribution is 2.13. The Bertz CT molecular complexity index is 284. The Hall–Kier alpha value is -1.25. The molecule has 1 unspecified atom stereocenters. The van der Waals surface area contributed by atoms with Gasteiger partial charge in [-0.1, -0.05) is 20.8 Å². The van der Waals surface area contributed by atoms with E-state index in [0.29, 0.717) is 17.5 Å². The Morgan fingerprint density at radius 2 is 2.07 bits per heavy atom. The number of pyridine rings is 1. The van der Waals surface area contributed by atoms with Gasteiger partial charge in [-0.3, -0.25) is 4.98 Å². The summed E-state index contributed by atoms with van der Waals surface area (Å²) in [5, 5.41) is 3.32. The highest BCUT2D eigenvalue weighted by atomic mass is 14.9. The number of hydrogen-bond acceptors (Lipinski definition) is 3. The SMILES string of the molecule is CC(C)C(C)CNc1cncc(N)c1. The Morgan fingerprint density at radius 3 is 2.64 bits per heavy atom. The lowest BCUT2D eigenvalue weighted by Crippen LogP contribution is -2.16. The molecule has 1 aromatic rings. The number of aromatic nitrogens is 1. The summed E-state index contributed by atoms with van der Waals surface area (Å²) in [7, 11) is 0. The van der Waals surface area contributed by atoms with Gasteiger partial charge in [-0.2, -0.15) is 0 Å². The first-order valence-electron chi connectivity index (χ1n) is 5.04. The molecule has 3 nitrogen and oxygen atoms in total. The molecule has 0 saturated carbocycles. The van der Waals surface area contributed by atoms with Crippen molar-refractivity contribution in [1.82, 2.24) is 4.98 Å². The molecule has 0 bridgehead atoms. The van der Waals surface area contributed by atoms with Gasteiger partial charge >= 0.3 is 0 Å². The number of nitrogens with two attached hydrogens (primary N) is 1. The second-order valence-corrected chi connectivity index (χ2v) is 4.11. The zero-order valence-corrected chi connectivity index (χ0v) is 9.12. The van der Waals surface area contributed by atoms with E-state index in [2.05, 4.69) is 31.1 Å². The summed E-state index contributed by atoms with van der Waals surface area (Å²) in [4.78, 5) is 4.02. The largest absolute Gasteiger partial charge is 0.397 e. The van der Waals surface area contributed by atoms with E-state index in [1.807, 2.05) is 6.07 Å². The van der Waals surface area contributed by atoms with Crippen LogP contribution in [0.5, 0.6) is 0 Å². The first-order valence-corrected chi connectivity index (χ1v) is 5.04. The zero-order chi connectivity index (χ0) is 10.6. The van der Waals surface area contributed by atoms with Crippen molar-refractivity contribution in [3.8, 4) is 0 Å². The van der Waals surface area contributed by atoms with E-state index in [1.54, 1.807) is 12.4 Å². The van der Waals surface area contributed by atoms with Gasteiger partial charge in [0.2, 0.25) is 0 Å². The van der Waals surface area contributed by atoms with E-state index in [9.17, 15) is 0 Å². The second-order valence-electron chi connectivity index (χ2n) is 4.11. The topological polar surface area (TPSA) is 50.9 Å². The quantitative estimate of drug-likeness (QED) is 0.771. The third kappa shape index (κ3) is 3.24. The van der Waals surface area contributed by atoms with Crippen LogP contribution in [0.15, 0.2) is 18.5 Å². The molecular weight excluding hydrogens is 174 g/mol. The molecule has 0 aliphatic carbocycles. The van der Waals surface area contributed by atoms with Gasteiger partial charge in [-0.25, -0.2) is 0 Å².